The molecule has 31 heavy (non-hydrogen) atoms. The Hall–Kier alpha value is -3.58. The third kappa shape index (κ3) is 4.78. The third-order valence-corrected chi connectivity index (χ3v) is 5.14. The van der Waals surface area contributed by atoms with E-state index in [1.807, 2.05) is 55.5 Å². The van der Waals surface area contributed by atoms with Gasteiger partial charge >= 0.3 is 0 Å². The lowest BCUT2D eigenvalue weighted by Gasteiger charge is -2.15. The molecule has 0 saturated heterocycles. The molecule has 1 unspecified atom stereocenters. The van der Waals surface area contributed by atoms with Crippen LogP contribution in [0, 0.1) is 0 Å². The van der Waals surface area contributed by atoms with Crippen LogP contribution in [0.1, 0.15) is 18.5 Å². The van der Waals surface area contributed by atoms with Gasteiger partial charge in [0.25, 0.3) is 5.89 Å². The Morgan fingerprint density at radius 1 is 1.16 bits per heavy atom. The normalized spacial score (nSPS) is 11.8. The molecule has 158 valence electrons. The Balaban J connectivity index is 1.44. The van der Waals surface area contributed by atoms with Gasteiger partial charge in [0.1, 0.15) is 18.0 Å². The van der Waals surface area contributed by atoms with Crippen LogP contribution in [0.3, 0.4) is 0 Å². The fourth-order valence-corrected chi connectivity index (χ4v) is 3.33. The first-order valence-electron chi connectivity index (χ1n) is 9.72. The third-order valence-electron chi connectivity index (χ3n) is 4.88. The summed E-state index contributed by atoms with van der Waals surface area (Å²) >= 11 is 5.93. The average molecular weight is 437 g/mol. The summed E-state index contributed by atoms with van der Waals surface area (Å²) in [7, 11) is 1.62. The molecule has 2 aromatic heterocycles. The topological polar surface area (TPSA) is 82.2 Å². The predicted octanol–water partition coefficient (Wildman–Crippen LogP) is 4.74. The summed E-state index contributed by atoms with van der Waals surface area (Å²) in [6, 6.07) is 18.3. The van der Waals surface area contributed by atoms with E-state index in [4.69, 9.17) is 20.9 Å². The van der Waals surface area contributed by atoms with Gasteiger partial charge in [0.2, 0.25) is 11.7 Å². The number of aromatic nitrogens is 3. The molecular formula is C23H21ClN4O3. The van der Waals surface area contributed by atoms with Crippen molar-refractivity contribution in [3.8, 4) is 28.7 Å². The second-order valence-electron chi connectivity index (χ2n) is 7.01. The van der Waals surface area contributed by atoms with E-state index in [1.54, 1.807) is 30.0 Å². The minimum absolute atomic E-state index is 0.126. The highest BCUT2D eigenvalue weighted by Crippen LogP contribution is 2.24. The van der Waals surface area contributed by atoms with Crippen molar-refractivity contribution < 1.29 is 14.1 Å². The number of carbonyl (C=O) groups is 1. The summed E-state index contributed by atoms with van der Waals surface area (Å²) in [5.74, 6) is 1.44. The minimum atomic E-state index is -0.141. The highest BCUT2D eigenvalue weighted by molar-refractivity contribution is 6.30. The van der Waals surface area contributed by atoms with Crippen molar-refractivity contribution in [3.05, 3.63) is 77.4 Å². The van der Waals surface area contributed by atoms with Gasteiger partial charge in [0, 0.05) is 16.8 Å². The second-order valence-corrected chi connectivity index (χ2v) is 7.45. The first-order chi connectivity index (χ1) is 15.0. The molecule has 0 radical (unpaired) electrons. The Morgan fingerprint density at radius 3 is 2.61 bits per heavy atom. The van der Waals surface area contributed by atoms with Crippen molar-refractivity contribution in [2.24, 2.45) is 0 Å². The number of methoxy groups -OCH3 is 1. The van der Waals surface area contributed by atoms with E-state index in [2.05, 4.69) is 15.5 Å². The van der Waals surface area contributed by atoms with E-state index >= 15 is 0 Å². The summed E-state index contributed by atoms with van der Waals surface area (Å²) < 4.78 is 12.4. The Morgan fingerprint density at radius 2 is 1.90 bits per heavy atom. The number of hydrogen-bond donors (Lipinski definition) is 1. The molecule has 8 heteroatoms. The van der Waals surface area contributed by atoms with E-state index in [-0.39, 0.29) is 18.5 Å². The molecule has 0 fully saturated rings. The van der Waals surface area contributed by atoms with Gasteiger partial charge in [0.15, 0.2) is 0 Å². The van der Waals surface area contributed by atoms with Gasteiger partial charge in [-0.25, -0.2) is 0 Å². The lowest BCUT2D eigenvalue weighted by atomic mass is 10.1. The van der Waals surface area contributed by atoms with Crippen LogP contribution in [0.2, 0.25) is 5.02 Å². The molecule has 0 aliphatic rings. The monoisotopic (exact) mass is 436 g/mol. The highest BCUT2D eigenvalue weighted by Gasteiger charge is 2.17. The maximum absolute atomic E-state index is 12.6. The maximum atomic E-state index is 12.6. The molecular weight excluding hydrogens is 416 g/mol. The van der Waals surface area contributed by atoms with Crippen molar-refractivity contribution in [3.63, 3.8) is 0 Å². The summed E-state index contributed by atoms with van der Waals surface area (Å²) in [5.41, 5.74) is 2.45. The second kappa shape index (κ2) is 9.06. The lowest BCUT2D eigenvalue weighted by Crippen LogP contribution is -2.30. The first-order valence-corrected chi connectivity index (χ1v) is 10.1. The largest absolute Gasteiger partial charge is 0.497 e. The van der Waals surface area contributed by atoms with Gasteiger partial charge in [-0.1, -0.05) is 28.9 Å². The molecule has 2 aromatic carbocycles. The predicted molar refractivity (Wildman–Crippen MR) is 118 cm³/mol. The Kier molecular flexibility index (Phi) is 6.04. The van der Waals surface area contributed by atoms with E-state index < -0.39 is 0 Å². The highest BCUT2D eigenvalue weighted by atomic mass is 35.5. The number of benzene rings is 2. The SMILES string of the molecule is COc1ccc(C(C)NC(=O)Cn2cccc2-c2nc(-c3ccc(Cl)cc3)no2)cc1. The maximum Gasteiger partial charge on any atom is 0.274 e. The summed E-state index contributed by atoms with van der Waals surface area (Å²) in [6.45, 7) is 2.06. The average Bonchev–Trinajstić information content (AvgIpc) is 3.43. The van der Waals surface area contributed by atoms with Crippen LogP contribution in [0.25, 0.3) is 23.0 Å². The molecule has 0 aliphatic carbocycles. The van der Waals surface area contributed by atoms with Crippen molar-refractivity contribution in [1.82, 2.24) is 20.0 Å². The molecule has 4 aromatic rings. The molecule has 1 atom stereocenters. The van der Waals surface area contributed by atoms with Crippen molar-refractivity contribution in [2.45, 2.75) is 19.5 Å². The summed E-state index contributed by atoms with van der Waals surface area (Å²) in [6.07, 6.45) is 1.80. The van der Waals surface area contributed by atoms with Crippen LogP contribution in [-0.2, 0) is 11.3 Å². The molecule has 0 spiro atoms. The molecule has 2 heterocycles. The van der Waals surface area contributed by atoms with Crippen LogP contribution in [0.15, 0.2) is 71.4 Å². The smallest absolute Gasteiger partial charge is 0.274 e. The Bertz CT molecular complexity index is 1170. The van der Waals surface area contributed by atoms with Crippen LogP contribution in [-0.4, -0.2) is 27.7 Å². The quantitative estimate of drug-likeness (QED) is 0.452. The number of nitrogens with one attached hydrogen (secondary N) is 1. The van der Waals surface area contributed by atoms with Gasteiger partial charge in [-0.3, -0.25) is 4.79 Å². The molecule has 4 rings (SSSR count). The molecule has 0 saturated carbocycles. The van der Waals surface area contributed by atoms with Crippen molar-refractivity contribution in [2.75, 3.05) is 7.11 Å². The van der Waals surface area contributed by atoms with Gasteiger partial charge in [-0.15, -0.1) is 0 Å². The van der Waals surface area contributed by atoms with Crippen LogP contribution in [0.5, 0.6) is 5.75 Å². The number of nitrogens with zero attached hydrogens (tertiary/aromatic N) is 3. The van der Waals surface area contributed by atoms with E-state index in [9.17, 15) is 4.79 Å². The molecule has 1 N–H and O–H groups in total. The number of hydrogen-bond acceptors (Lipinski definition) is 5. The molecule has 7 nitrogen and oxygen atoms in total. The molecule has 0 bridgehead atoms. The van der Waals surface area contributed by atoms with Crippen LogP contribution in [0.4, 0.5) is 0 Å². The van der Waals surface area contributed by atoms with Crippen molar-refractivity contribution in [1.29, 1.82) is 0 Å². The van der Waals surface area contributed by atoms with Gasteiger partial charge in [0.05, 0.1) is 13.2 Å². The van der Waals surface area contributed by atoms with Crippen LogP contribution < -0.4 is 10.1 Å². The van der Waals surface area contributed by atoms with E-state index in [0.717, 1.165) is 16.9 Å². The minimum Gasteiger partial charge on any atom is -0.497 e. The number of halogens is 1. The van der Waals surface area contributed by atoms with Gasteiger partial charge < -0.3 is 19.1 Å². The zero-order valence-electron chi connectivity index (χ0n) is 17.1. The zero-order chi connectivity index (χ0) is 21.8. The van der Waals surface area contributed by atoms with Crippen molar-refractivity contribution >= 4 is 17.5 Å². The van der Waals surface area contributed by atoms with E-state index in [1.165, 1.54) is 0 Å². The summed E-state index contributed by atoms with van der Waals surface area (Å²) in [5, 5.41) is 7.68. The van der Waals surface area contributed by atoms with E-state index in [0.29, 0.717) is 22.4 Å². The molecule has 1 amide bonds. The van der Waals surface area contributed by atoms with Crippen LogP contribution >= 0.6 is 11.6 Å². The van der Waals surface area contributed by atoms with Gasteiger partial charge in [-0.05, 0) is 61.0 Å². The zero-order valence-corrected chi connectivity index (χ0v) is 17.8. The fraction of sp³-hybridized carbons (Fsp3) is 0.174. The number of carbonyl (C=O) groups excluding carboxylic acids is 1. The summed E-state index contributed by atoms with van der Waals surface area (Å²) in [4.78, 5) is 17.1. The molecule has 0 aliphatic heterocycles. The lowest BCUT2D eigenvalue weighted by molar-refractivity contribution is -0.122. The number of amides is 1. The fourth-order valence-electron chi connectivity index (χ4n) is 3.21. The first kappa shape index (κ1) is 20.7. The van der Waals surface area contributed by atoms with Gasteiger partial charge in [-0.2, -0.15) is 4.98 Å². The Labute approximate surface area is 184 Å². The number of rotatable bonds is 7. The standard InChI is InChI=1S/C23H21ClN4O3/c1-15(16-7-11-19(30-2)12-8-16)25-21(29)14-28-13-3-4-20(28)23-26-22(27-31-23)17-5-9-18(24)10-6-17/h3-13,15H,14H2,1-2H3,(H,25,29). The number of ether oxygens (including phenoxy) is 1.